The van der Waals surface area contributed by atoms with Gasteiger partial charge < -0.3 is 9.84 Å². The molecule has 1 aliphatic heterocycles. The number of aliphatic hydroxyl groups is 1. The zero-order valence-electron chi connectivity index (χ0n) is 12.5. The first-order valence-electron chi connectivity index (χ1n) is 7.09. The van der Waals surface area contributed by atoms with Crippen molar-refractivity contribution in [3.8, 4) is 5.75 Å². The number of rotatable bonds is 3. The third-order valence-electron chi connectivity index (χ3n) is 3.59. The van der Waals surface area contributed by atoms with Crippen LogP contribution in [-0.4, -0.2) is 22.1 Å². The van der Waals surface area contributed by atoms with E-state index in [1.54, 1.807) is 6.07 Å². The number of alkyl halides is 2. The number of hydrogen-bond acceptors (Lipinski definition) is 4. The molecule has 0 fully saturated rings. The average molecular weight is 355 g/mol. The number of para-hydroxylation sites is 1. The minimum absolute atomic E-state index is 0.151. The van der Waals surface area contributed by atoms with Gasteiger partial charge in [-0.2, -0.15) is 8.78 Å². The highest BCUT2D eigenvalue weighted by atomic mass is 35.5. The number of hydrogen-bond donors (Lipinski definition) is 1. The zero-order chi connectivity index (χ0) is 17.5. The fraction of sp³-hybridized carbons (Fsp3) is 0.250. The zero-order valence-corrected chi connectivity index (χ0v) is 13.3. The van der Waals surface area contributed by atoms with Crippen LogP contribution in [0.3, 0.4) is 0 Å². The van der Waals surface area contributed by atoms with E-state index >= 15 is 0 Å². The molecule has 8 heteroatoms. The van der Waals surface area contributed by atoms with E-state index in [-0.39, 0.29) is 23.5 Å². The summed E-state index contributed by atoms with van der Waals surface area (Å²) in [4.78, 5) is 16.9. The molecule has 5 nitrogen and oxygen atoms in total. The Balaban J connectivity index is 2.09. The molecule has 1 aromatic carbocycles. The lowest BCUT2D eigenvalue weighted by Gasteiger charge is -2.34. The number of aromatic nitrogens is 1. The van der Waals surface area contributed by atoms with Crippen molar-refractivity contribution in [1.82, 2.24) is 4.98 Å². The first-order valence-corrected chi connectivity index (χ1v) is 7.46. The van der Waals surface area contributed by atoms with Crippen LogP contribution in [0.2, 0.25) is 5.02 Å². The van der Waals surface area contributed by atoms with E-state index in [1.165, 1.54) is 37.5 Å². The van der Waals surface area contributed by atoms with Crippen molar-refractivity contribution in [3.05, 3.63) is 52.8 Å². The maximum atomic E-state index is 14.0. The fourth-order valence-corrected chi connectivity index (χ4v) is 2.71. The van der Waals surface area contributed by atoms with Crippen molar-refractivity contribution in [2.75, 3.05) is 4.90 Å². The number of amides is 1. The molecule has 1 unspecified atom stereocenters. The predicted molar refractivity (Wildman–Crippen MR) is 83.1 cm³/mol. The van der Waals surface area contributed by atoms with Crippen molar-refractivity contribution in [2.24, 2.45) is 0 Å². The van der Waals surface area contributed by atoms with Gasteiger partial charge in [0.15, 0.2) is 5.75 Å². The van der Waals surface area contributed by atoms with Crippen molar-refractivity contribution in [2.45, 2.75) is 25.7 Å². The molecule has 1 aromatic heterocycles. The Morgan fingerprint density at radius 2 is 2.17 bits per heavy atom. The van der Waals surface area contributed by atoms with E-state index in [0.29, 0.717) is 10.6 Å². The summed E-state index contributed by atoms with van der Waals surface area (Å²) < 4.78 is 32.6. The normalized spacial score (nSPS) is 17.2. The summed E-state index contributed by atoms with van der Waals surface area (Å²) in [5.41, 5.74) is 0.820. The number of aliphatic hydroxyl groups excluding tert-OH is 1. The van der Waals surface area contributed by atoms with Gasteiger partial charge in [-0.3, -0.25) is 14.7 Å². The first kappa shape index (κ1) is 16.6. The summed E-state index contributed by atoms with van der Waals surface area (Å²) >= 11 is 5.85. The third-order valence-corrected chi connectivity index (χ3v) is 3.80. The molecule has 0 bridgehead atoms. The second-order valence-electron chi connectivity index (χ2n) is 5.39. The number of nitrogens with zero attached hydrogens (tertiary/aromatic N) is 2. The summed E-state index contributed by atoms with van der Waals surface area (Å²) in [5, 5.41) is 10.1. The Hall–Kier alpha value is -2.25. The lowest BCUT2D eigenvalue weighted by molar-refractivity contribution is -0.193. The molecule has 1 aliphatic rings. The fourth-order valence-electron chi connectivity index (χ4n) is 2.52. The summed E-state index contributed by atoms with van der Waals surface area (Å²) in [6, 6.07) is 6.04. The molecule has 24 heavy (non-hydrogen) atoms. The van der Waals surface area contributed by atoms with Crippen molar-refractivity contribution < 1.29 is 23.4 Å². The molecule has 1 atom stereocenters. The van der Waals surface area contributed by atoms with E-state index < -0.39 is 18.1 Å². The number of fused-ring (bicyclic) bond motifs is 1. The Morgan fingerprint density at radius 3 is 2.83 bits per heavy atom. The summed E-state index contributed by atoms with van der Waals surface area (Å²) in [6.07, 6.45) is -2.21. The summed E-state index contributed by atoms with van der Waals surface area (Å²) in [6.45, 7) is 1.28. The lowest BCUT2D eigenvalue weighted by atomic mass is 10.1. The van der Waals surface area contributed by atoms with Crippen LogP contribution in [0.15, 0.2) is 36.7 Å². The first-order chi connectivity index (χ1) is 11.3. The molecular weight excluding hydrogens is 342 g/mol. The molecule has 1 amide bonds. The number of carbonyl (C=O) groups is 1. The smallest absolute Gasteiger partial charge is 0.423 e. The molecule has 2 aromatic rings. The maximum Gasteiger partial charge on any atom is 0.483 e. The van der Waals surface area contributed by atoms with Gasteiger partial charge in [-0.25, -0.2) is 0 Å². The third kappa shape index (κ3) is 2.92. The van der Waals surface area contributed by atoms with E-state index in [9.17, 15) is 18.7 Å². The highest BCUT2D eigenvalue weighted by Crippen LogP contribution is 2.44. The Bertz CT molecular complexity index is 799. The molecule has 0 saturated heterocycles. The number of pyridine rings is 1. The lowest BCUT2D eigenvalue weighted by Crippen LogP contribution is -2.50. The van der Waals surface area contributed by atoms with Crippen LogP contribution in [0.1, 0.15) is 24.2 Å². The minimum Gasteiger partial charge on any atom is -0.423 e. The van der Waals surface area contributed by atoms with Crippen LogP contribution in [0.4, 0.5) is 14.5 Å². The van der Waals surface area contributed by atoms with E-state index in [2.05, 4.69) is 9.72 Å². The van der Waals surface area contributed by atoms with E-state index in [1.807, 2.05) is 0 Å². The molecule has 3 rings (SSSR count). The maximum absolute atomic E-state index is 14.0. The van der Waals surface area contributed by atoms with Gasteiger partial charge in [-0.15, -0.1) is 0 Å². The molecule has 0 saturated carbocycles. The second kappa shape index (κ2) is 5.99. The number of ether oxygens (including phenoxy) is 1. The molecular formula is C16H13ClF2N2O3. The monoisotopic (exact) mass is 354 g/mol. The van der Waals surface area contributed by atoms with Crippen LogP contribution in [-0.2, 0) is 11.3 Å². The second-order valence-corrected chi connectivity index (χ2v) is 5.83. The van der Waals surface area contributed by atoms with Gasteiger partial charge in [0.05, 0.1) is 23.4 Å². The van der Waals surface area contributed by atoms with Gasteiger partial charge in [0.1, 0.15) is 0 Å². The van der Waals surface area contributed by atoms with Gasteiger partial charge in [0.2, 0.25) is 0 Å². The molecule has 2 heterocycles. The standard InChI is InChI=1S/C16H13ClF2N2O3/c1-9(22)12-3-2-4-13-14(12)24-16(18,19)15(23)21(13)8-10-5-11(17)7-20-6-10/h2-7,9,22H,8H2,1H3. The van der Waals surface area contributed by atoms with Crippen molar-refractivity contribution >= 4 is 23.2 Å². The van der Waals surface area contributed by atoms with Crippen LogP contribution >= 0.6 is 11.6 Å². The quantitative estimate of drug-likeness (QED) is 0.918. The van der Waals surface area contributed by atoms with Crippen LogP contribution in [0.5, 0.6) is 5.75 Å². The Labute approximate surface area is 141 Å². The van der Waals surface area contributed by atoms with E-state index in [4.69, 9.17) is 11.6 Å². The summed E-state index contributed by atoms with van der Waals surface area (Å²) in [5.74, 6) is -1.70. The topological polar surface area (TPSA) is 62.7 Å². The highest BCUT2D eigenvalue weighted by molar-refractivity contribution is 6.30. The predicted octanol–water partition coefficient (Wildman–Crippen LogP) is 3.31. The van der Waals surface area contributed by atoms with Crippen molar-refractivity contribution in [1.29, 1.82) is 0 Å². The van der Waals surface area contributed by atoms with Gasteiger partial charge in [-0.1, -0.05) is 23.7 Å². The van der Waals surface area contributed by atoms with Crippen molar-refractivity contribution in [3.63, 3.8) is 0 Å². The molecule has 126 valence electrons. The van der Waals surface area contributed by atoms with Gasteiger partial charge in [0, 0.05) is 18.0 Å². The van der Waals surface area contributed by atoms with Crippen LogP contribution in [0.25, 0.3) is 0 Å². The largest absolute Gasteiger partial charge is 0.483 e. The van der Waals surface area contributed by atoms with Gasteiger partial charge in [-0.05, 0) is 24.6 Å². The molecule has 0 radical (unpaired) electrons. The SMILES string of the molecule is CC(O)c1cccc2c1OC(F)(F)C(=O)N2Cc1cncc(Cl)c1. The minimum atomic E-state index is -4.02. The van der Waals surface area contributed by atoms with E-state index in [0.717, 1.165) is 4.90 Å². The van der Waals surface area contributed by atoms with Crippen LogP contribution < -0.4 is 9.64 Å². The molecule has 0 aliphatic carbocycles. The number of halogens is 3. The Morgan fingerprint density at radius 1 is 1.42 bits per heavy atom. The number of anilines is 1. The van der Waals surface area contributed by atoms with Gasteiger partial charge in [0.25, 0.3) is 0 Å². The Kier molecular flexibility index (Phi) is 4.15. The summed E-state index contributed by atoms with van der Waals surface area (Å²) in [7, 11) is 0. The van der Waals surface area contributed by atoms with Gasteiger partial charge >= 0.3 is 12.0 Å². The van der Waals surface area contributed by atoms with Crippen LogP contribution in [0, 0.1) is 0 Å². The number of carbonyl (C=O) groups excluding carboxylic acids is 1. The average Bonchev–Trinajstić information content (AvgIpc) is 2.51. The number of benzene rings is 1. The highest BCUT2D eigenvalue weighted by Gasteiger charge is 2.51. The molecule has 0 spiro atoms. The molecule has 1 N–H and O–H groups in total.